The third-order valence-electron chi connectivity index (χ3n) is 5.74. The van der Waals surface area contributed by atoms with Crippen LogP contribution in [0, 0.1) is 0 Å². The zero-order chi connectivity index (χ0) is 21.7. The minimum absolute atomic E-state index is 0.230. The molecule has 0 N–H and O–H groups in total. The van der Waals surface area contributed by atoms with Gasteiger partial charge in [-0.1, -0.05) is 13.8 Å². The lowest BCUT2D eigenvalue weighted by Gasteiger charge is -2.35. The third-order valence-corrected chi connectivity index (χ3v) is 7.63. The van der Waals surface area contributed by atoms with Crippen LogP contribution in [0.2, 0.25) is 0 Å². The number of rotatable bonds is 8. The van der Waals surface area contributed by atoms with Crippen molar-refractivity contribution < 1.29 is 17.9 Å². The van der Waals surface area contributed by atoms with E-state index >= 15 is 0 Å². The van der Waals surface area contributed by atoms with Crippen molar-refractivity contribution in [2.24, 2.45) is 0 Å². The summed E-state index contributed by atoms with van der Waals surface area (Å²) in [6.45, 7) is 8.92. The average molecular weight is 433 g/mol. The van der Waals surface area contributed by atoms with Crippen LogP contribution in [0.4, 0.5) is 5.69 Å². The second-order valence-corrected chi connectivity index (χ2v) is 9.47. The van der Waals surface area contributed by atoms with Crippen LogP contribution in [0.3, 0.4) is 0 Å². The molecule has 1 fully saturated rings. The molecule has 6 nitrogen and oxygen atoms in total. The predicted molar refractivity (Wildman–Crippen MR) is 120 cm³/mol. The molecule has 0 amide bonds. The Morgan fingerprint density at radius 3 is 2.23 bits per heavy atom. The minimum Gasteiger partial charge on any atom is -0.497 e. The van der Waals surface area contributed by atoms with Gasteiger partial charge in [0.1, 0.15) is 11.5 Å². The highest BCUT2D eigenvalue weighted by Gasteiger charge is 2.29. The van der Waals surface area contributed by atoms with Gasteiger partial charge in [0, 0.05) is 31.9 Å². The van der Waals surface area contributed by atoms with Crippen molar-refractivity contribution in [1.29, 1.82) is 0 Å². The summed E-state index contributed by atoms with van der Waals surface area (Å²) in [5, 5.41) is 0. The quantitative estimate of drug-likeness (QED) is 0.628. The van der Waals surface area contributed by atoms with E-state index in [4.69, 9.17) is 9.47 Å². The van der Waals surface area contributed by atoms with Crippen molar-refractivity contribution in [1.82, 2.24) is 4.31 Å². The maximum atomic E-state index is 13.3. The standard InChI is InChI=1S/C23H32N2O4S/c1-5-18(3)22-17-21(11-12-23(22)29-6-2)30(26,27)25-15-13-24(14-16-25)19-7-9-20(28-4)10-8-19/h7-12,17-18H,5-6,13-16H2,1-4H3/t18-/m1/s1. The molecule has 2 aromatic rings. The van der Waals surface area contributed by atoms with Crippen LogP contribution in [0.5, 0.6) is 11.5 Å². The number of benzene rings is 2. The molecule has 0 spiro atoms. The van der Waals surface area contributed by atoms with Crippen LogP contribution in [0.1, 0.15) is 38.7 Å². The van der Waals surface area contributed by atoms with Gasteiger partial charge < -0.3 is 14.4 Å². The monoisotopic (exact) mass is 432 g/mol. The molecule has 0 aromatic heterocycles. The first-order valence-electron chi connectivity index (χ1n) is 10.6. The number of anilines is 1. The average Bonchev–Trinajstić information content (AvgIpc) is 2.79. The van der Waals surface area contributed by atoms with Crippen molar-refractivity contribution in [2.75, 3.05) is 44.8 Å². The largest absolute Gasteiger partial charge is 0.497 e. The van der Waals surface area contributed by atoms with E-state index in [0.29, 0.717) is 37.7 Å². The molecule has 1 heterocycles. The third kappa shape index (κ3) is 4.73. The summed E-state index contributed by atoms with van der Waals surface area (Å²) in [4.78, 5) is 2.55. The SMILES string of the molecule is CCOc1ccc(S(=O)(=O)N2CCN(c3ccc(OC)cc3)CC2)cc1[C@H](C)CC. The summed E-state index contributed by atoms with van der Waals surface area (Å²) in [6.07, 6.45) is 0.921. The van der Waals surface area contributed by atoms with Crippen LogP contribution < -0.4 is 14.4 Å². The first kappa shape index (κ1) is 22.4. The Morgan fingerprint density at radius 2 is 1.67 bits per heavy atom. The lowest BCUT2D eigenvalue weighted by molar-refractivity contribution is 0.334. The highest BCUT2D eigenvalue weighted by molar-refractivity contribution is 7.89. The van der Waals surface area contributed by atoms with Crippen molar-refractivity contribution in [3.8, 4) is 11.5 Å². The lowest BCUT2D eigenvalue weighted by atomic mass is 9.98. The van der Waals surface area contributed by atoms with Gasteiger partial charge in [-0.2, -0.15) is 4.31 Å². The number of nitrogens with zero attached hydrogens (tertiary/aromatic N) is 2. The Bertz CT molecular complexity index is 936. The van der Waals surface area contributed by atoms with Gasteiger partial charge in [0.15, 0.2) is 0 Å². The fourth-order valence-electron chi connectivity index (χ4n) is 3.71. The van der Waals surface area contributed by atoms with E-state index in [9.17, 15) is 8.42 Å². The molecule has 2 aromatic carbocycles. The van der Waals surface area contributed by atoms with Crippen LogP contribution in [0.25, 0.3) is 0 Å². The Balaban J connectivity index is 1.76. The zero-order valence-corrected chi connectivity index (χ0v) is 19.1. The van der Waals surface area contributed by atoms with Gasteiger partial charge in [0.25, 0.3) is 0 Å². The fraction of sp³-hybridized carbons (Fsp3) is 0.478. The molecule has 1 aliphatic rings. The lowest BCUT2D eigenvalue weighted by Crippen LogP contribution is -2.48. The van der Waals surface area contributed by atoms with Gasteiger partial charge in [-0.05, 0) is 67.3 Å². The van der Waals surface area contributed by atoms with Crippen LogP contribution in [0.15, 0.2) is 47.4 Å². The molecule has 0 radical (unpaired) electrons. The van der Waals surface area contributed by atoms with E-state index in [0.717, 1.165) is 29.2 Å². The number of ether oxygens (including phenoxy) is 2. The van der Waals surface area contributed by atoms with E-state index in [-0.39, 0.29) is 5.92 Å². The molecule has 0 aliphatic carbocycles. The molecule has 3 rings (SSSR count). The summed E-state index contributed by atoms with van der Waals surface area (Å²) in [6, 6.07) is 13.1. The van der Waals surface area contributed by atoms with Gasteiger partial charge in [0.2, 0.25) is 10.0 Å². The van der Waals surface area contributed by atoms with E-state index in [1.165, 1.54) is 0 Å². The second kappa shape index (κ2) is 9.71. The molecular formula is C23H32N2O4S. The highest BCUT2D eigenvalue weighted by atomic mass is 32.2. The summed E-state index contributed by atoms with van der Waals surface area (Å²) >= 11 is 0. The van der Waals surface area contributed by atoms with E-state index < -0.39 is 10.0 Å². The van der Waals surface area contributed by atoms with Crippen LogP contribution in [-0.2, 0) is 10.0 Å². The summed E-state index contributed by atoms with van der Waals surface area (Å²) in [5.74, 6) is 1.82. The van der Waals surface area contributed by atoms with Gasteiger partial charge >= 0.3 is 0 Å². The fourth-order valence-corrected chi connectivity index (χ4v) is 5.17. The molecule has 0 saturated carbocycles. The maximum absolute atomic E-state index is 13.3. The van der Waals surface area contributed by atoms with Crippen molar-refractivity contribution in [2.45, 2.75) is 38.0 Å². The van der Waals surface area contributed by atoms with Gasteiger partial charge in [-0.15, -0.1) is 0 Å². The summed E-state index contributed by atoms with van der Waals surface area (Å²) in [7, 11) is -1.90. The van der Waals surface area contributed by atoms with Crippen LogP contribution >= 0.6 is 0 Å². The Kier molecular flexibility index (Phi) is 7.26. The topological polar surface area (TPSA) is 59.1 Å². The van der Waals surface area contributed by atoms with Gasteiger partial charge in [-0.25, -0.2) is 8.42 Å². The number of hydrogen-bond donors (Lipinski definition) is 0. The Hall–Kier alpha value is -2.25. The number of hydrogen-bond acceptors (Lipinski definition) is 5. The molecule has 164 valence electrons. The number of sulfonamides is 1. The summed E-state index contributed by atoms with van der Waals surface area (Å²) in [5.41, 5.74) is 2.03. The minimum atomic E-state index is -3.54. The second-order valence-electron chi connectivity index (χ2n) is 7.53. The molecule has 0 bridgehead atoms. The van der Waals surface area contributed by atoms with E-state index in [1.807, 2.05) is 31.2 Å². The zero-order valence-electron chi connectivity index (χ0n) is 18.3. The number of piperazine rings is 1. The smallest absolute Gasteiger partial charge is 0.243 e. The molecule has 1 saturated heterocycles. The first-order valence-corrected chi connectivity index (χ1v) is 12.0. The highest BCUT2D eigenvalue weighted by Crippen LogP contribution is 2.32. The van der Waals surface area contributed by atoms with Crippen molar-refractivity contribution in [3.63, 3.8) is 0 Å². The molecule has 30 heavy (non-hydrogen) atoms. The predicted octanol–water partition coefficient (Wildman–Crippen LogP) is 4.12. The molecular weight excluding hydrogens is 400 g/mol. The molecule has 1 aliphatic heterocycles. The van der Waals surface area contributed by atoms with Gasteiger partial charge in [0.05, 0.1) is 18.6 Å². The molecule has 1 atom stereocenters. The van der Waals surface area contributed by atoms with E-state index in [1.54, 1.807) is 29.6 Å². The van der Waals surface area contributed by atoms with E-state index in [2.05, 4.69) is 18.7 Å². The Labute approximate surface area is 180 Å². The van der Waals surface area contributed by atoms with Gasteiger partial charge in [-0.3, -0.25) is 0 Å². The Morgan fingerprint density at radius 1 is 1.00 bits per heavy atom. The molecule has 0 unspecified atom stereocenters. The normalized spacial score (nSPS) is 16.3. The van der Waals surface area contributed by atoms with Crippen molar-refractivity contribution in [3.05, 3.63) is 48.0 Å². The number of methoxy groups -OCH3 is 1. The first-order chi connectivity index (χ1) is 14.4. The van der Waals surface area contributed by atoms with Crippen LogP contribution in [-0.4, -0.2) is 52.6 Å². The summed E-state index contributed by atoms with van der Waals surface area (Å²) < 4.78 is 39.1. The maximum Gasteiger partial charge on any atom is 0.243 e. The molecule has 7 heteroatoms. The van der Waals surface area contributed by atoms with Crippen molar-refractivity contribution >= 4 is 15.7 Å².